The number of benzene rings is 1. The molecule has 130 valence electrons. The molecular weight excluding hydrogens is 314 g/mol. The van der Waals surface area contributed by atoms with Gasteiger partial charge < -0.3 is 10.2 Å². The molecule has 1 aromatic carbocycles. The van der Waals surface area contributed by atoms with Crippen molar-refractivity contribution in [1.82, 2.24) is 5.32 Å². The molecule has 2 amide bonds. The van der Waals surface area contributed by atoms with E-state index in [4.69, 9.17) is 0 Å². The van der Waals surface area contributed by atoms with Gasteiger partial charge in [-0.1, -0.05) is 17.7 Å². The fraction of sp³-hybridized carbons (Fsp3) is 0.556. The number of amides is 2. The maximum Gasteiger partial charge on any atom is 0.249 e. The maximum absolute atomic E-state index is 13.2. The number of aryl methyl sites for hydroxylation is 1. The van der Waals surface area contributed by atoms with Crippen molar-refractivity contribution < 1.29 is 18.4 Å². The zero-order valence-corrected chi connectivity index (χ0v) is 13.7. The van der Waals surface area contributed by atoms with E-state index in [1.54, 1.807) is 4.90 Å². The van der Waals surface area contributed by atoms with E-state index in [1.165, 1.54) is 0 Å². The van der Waals surface area contributed by atoms with Gasteiger partial charge in [0.05, 0.1) is 0 Å². The van der Waals surface area contributed by atoms with Gasteiger partial charge in [-0.05, 0) is 38.3 Å². The Morgan fingerprint density at radius 2 is 1.79 bits per heavy atom. The Kier molecular flexibility index (Phi) is 4.56. The van der Waals surface area contributed by atoms with Gasteiger partial charge in [0.25, 0.3) is 0 Å². The van der Waals surface area contributed by atoms with Crippen LogP contribution in [0.5, 0.6) is 0 Å². The molecule has 1 aliphatic heterocycles. The van der Waals surface area contributed by atoms with Crippen molar-refractivity contribution in [3.05, 3.63) is 29.8 Å². The van der Waals surface area contributed by atoms with E-state index in [0.29, 0.717) is 13.0 Å². The summed E-state index contributed by atoms with van der Waals surface area (Å²) in [5.74, 6) is -3.46. The molecule has 0 aromatic heterocycles. The van der Waals surface area contributed by atoms with Crippen LogP contribution in [0.3, 0.4) is 0 Å². The Morgan fingerprint density at radius 1 is 1.17 bits per heavy atom. The van der Waals surface area contributed by atoms with Crippen molar-refractivity contribution in [3.63, 3.8) is 0 Å². The Morgan fingerprint density at radius 3 is 2.42 bits per heavy atom. The molecule has 0 bridgehead atoms. The summed E-state index contributed by atoms with van der Waals surface area (Å²) in [6.45, 7) is 2.53. The molecule has 1 aromatic rings. The van der Waals surface area contributed by atoms with Gasteiger partial charge in [0.15, 0.2) is 0 Å². The molecule has 1 aliphatic carbocycles. The first-order chi connectivity index (χ1) is 11.4. The zero-order valence-electron chi connectivity index (χ0n) is 13.7. The van der Waals surface area contributed by atoms with Crippen molar-refractivity contribution in [3.8, 4) is 0 Å². The van der Waals surface area contributed by atoms with Gasteiger partial charge >= 0.3 is 0 Å². The van der Waals surface area contributed by atoms with Crippen LogP contribution in [0.1, 0.15) is 37.7 Å². The summed E-state index contributed by atoms with van der Waals surface area (Å²) in [6.07, 6.45) is 0.405. The van der Waals surface area contributed by atoms with Crippen LogP contribution in [0.25, 0.3) is 0 Å². The third-order valence-corrected chi connectivity index (χ3v) is 4.96. The van der Waals surface area contributed by atoms with Crippen LogP contribution in [-0.2, 0) is 9.59 Å². The molecule has 2 fully saturated rings. The highest BCUT2D eigenvalue weighted by atomic mass is 19.3. The fourth-order valence-electron chi connectivity index (χ4n) is 3.39. The Hall–Kier alpha value is -1.98. The lowest BCUT2D eigenvalue weighted by molar-refractivity contribution is -0.132. The predicted octanol–water partition coefficient (Wildman–Crippen LogP) is 3.04. The highest BCUT2D eigenvalue weighted by Gasteiger charge is 2.39. The number of carbonyl (C=O) groups excluding carboxylic acids is 2. The lowest BCUT2D eigenvalue weighted by Gasteiger charge is -2.28. The normalized spacial score (nSPS) is 24.2. The van der Waals surface area contributed by atoms with E-state index in [9.17, 15) is 18.4 Å². The van der Waals surface area contributed by atoms with Crippen LogP contribution in [0.4, 0.5) is 14.5 Å². The summed E-state index contributed by atoms with van der Waals surface area (Å²) < 4.78 is 26.4. The number of nitrogens with one attached hydrogen (secondary N) is 1. The lowest BCUT2D eigenvalue weighted by Crippen LogP contribution is -2.45. The summed E-state index contributed by atoms with van der Waals surface area (Å²) in [5.41, 5.74) is 1.93. The van der Waals surface area contributed by atoms with E-state index in [-0.39, 0.29) is 37.5 Å². The molecule has 1 heterocycles. The molecule has 24 heavy (non-hydrogen) atoms. The second-order valence-electron chi connectivity index (χ2n) is 6.81. The van der Waals surface area contributed by atoms with Crippen molar-refractivity contribution in [1.29, 1.82) is 0 Å². The third-order valence-electron chi connectivity index (χ3n) is 4.96. The molecule has 1 saturated carbocycles. The number of carbonyl (C=O) groups is 2. The largest absolute Gasteiger partial charge is 0.344 e. The van der Waals surface area contributed by atoms with E-state index in [0.717, 1.165) is 11.3 Å². The Balaban J connectivity index is 1.58. The van der Waals surface area contributed by atoms with Crippen molar-refractivity contribution in [2.45, 2.75) is 51.0 Å². The molecule has 0 spiro atoms. The quantitative estimate of drug-likeness (QED) is 0.922. The minimum Gasteiger partial charge on any atom is -0.344 e. The number of alkyl halides is 2. The molecular formula is C18H22F2N2O2. The first-order valence-corrected chi connectivity index (χ1v) is 8.42. The average molecular weight is 336 g/mol. The minimum atomic E-state index is -2.65. The average Bonchev–Trinajstić information content (AvgIpc) is 2.89. The highest BCUT2D eigenvalue weighted by molar-refractivity contribution is 6.01. The van der Waals surface area contributed by atoms with E-state index >= 15 is 0 Å². The van der Waals surface area contributed by atoms with Gasteiger partial charge in [-0.3, -0.25) is 9.59 Å². The smallest absolute Gasteiger partial charge is 0.249 e. The van der Waals surface area contributed by atoms with Gasteiger partial charge in [0.1, 0.15) is 6.04 Å². The van der Waals surface area contributed by atoms with Gasteiger partial charge in [0.2, 0.25) is 17.7 Å². The van der Waals surface area contributed by atoms with Crippen LogP contribution in [0, 0.1) is 12.8 Å². The summed E-state index contributed by atoms with van der Waals surface area (Å²) >= 11 is 0. The fourth-order valence-corrected chi connectivity index (χ4v) is 3.39. The molecule has 4 nitrogen and oxygen atoms in total. The van der Waals surface area contributed by atoms with E-state index in [2.05, 4.69) is 5.32 Å². The molecule has 3 rings (SSSR count). The van der Waals surface area contributed by atoms with Gasteiger partial charge in [0, 0.05) is 31.0 Å². The molecule has 1 saturated heterocycles. The summed E-state index contributed by atoms with van der Waals surface area (Å²) in [4.78, 5) is 26.4. The monoisotopic (exact) mass is 336 g/mol. The van der Waals surface area contributed by atoms with E-state index in [1.807, 2.05) is 31.2 Å². The first kappa shape index (κ1) is 16.9. The van der Waals surface area contributed by atoms with Crippen LogP contribution in [0.15, 0.2) is 24.3 Å². The second-order valence-corrected chi connectivity index (χ2v) is 6.81. The van der Waals surface area contributed by atoms with Crippen LogP contribution in [-0.4, -0.2) is 30.3 Å². The number of nitrogens with zero attached hydrogens (tertiary/aromatic N) is 1. The minimum absolute atomic E-state index is 0.131. The predicted molar refractivity (Wildman–Crippen MR) is 87.0 cm³/mol. The van der Waals surface area contributed by atoms with Crippen LogP contribution < -0.4 is 10.2 Å². The van der Waals surface area contributed by atoms with E-state index < -0.39 is 17.9 Å². The van der Waals surface area contributed by atoms with Crippen molar-refractivity contribution in [2.75, 3.05) is 11.4 Å². The van der Waals surface area contributed by atoms with Gasteiger partial charge in [-0.25, -0.2) is 8.78 Å². The molecule has 1 N–H and O–H groups in total. The van der Waals surface area contributed by atoms with Crippen molar-refractivity contribution in [2.24, 2.45) is 5.92 Å². The molecule has 1 unspecified atom stereocenters. The third kappa shape index (κ3) is 3.57. The molecule has 0 radical (unpaired) electrons. The first-order valence-electron chi connectivity index (χ1n) is 8.42. The number of anilines is 1. The van der Waals surface area contributed by atoms with Gasteiger partial charge in [-0.15, -0.1) is 0 Å². The lowest BCUT2D eigenvalue weighted by atomic mass is 9.86. The Labute approximate surface area is 140 Å². The van der Waals surface area contributed by atoms with Gasteiger partial charge in [-0.2, -0.15) is 0 Å². The number of halogens is 2. The topological polar surface area (TPSA) is 49.4 Å². The summed E-state index contributed by atoms with van der Waals surface area (Å²) in [6, 6.07) is 7.11. The highest BCUT2D eigenvalue weighted by Crippen LogP contribution is 2.36. The molecule has 6 heteroatoms. The number of rotatable bonds is 3. The SMILES string of the molecule is Cc1ccc(N2CCC(NC(=O)C3CCC(F)(F)CC3)C2=O)cc1. The summed E-state index contributed by atoms with van der Waals surface area (Å²) in [5, 5.41) is 2.76. The molecule has 2 aliphatic rings. The standard InChI is InChI=1S/C18H22F2N2O2/c1-12-2-4-14(5-3-12)22-11-8-15(17(22)24)21-16(23)13-6-9-18(19,20)10-7-13/h2-5,13,15H,6-11H2,1H3,(H,21,23). The van der Waals surface area contributed by atoms with Crippen molar-refractivity contribution >= 4 is 17.5 Å². The van der Waals surface area contributed by atoms with Crippen LogP contribution >= 0.6 is 0 Å². The summed E-state index contributed by atoms with van der Waals surface area (Å²) in [7, 11) is 0. The number of hydrogen-bond acceptors (Lipinski definition) is 2. The zero-order chi connectivity index (χ0) is 17.3. The second kappa shape index (κ2) is 6.49. The number of hydrogen-bond donors (Lipinski definition) is 1. The molecule has 1 atom stereocenters. The maximum atomic E-state index is 13.2. The van der Waals surface area contributed by atoms with Crippen LogP contribution in [0.2, 0.25) is 0 Å². The Bertz CT molecular complexity index is 620.